The molecule has 4 aromatic rings. The second kappa shape index (κ2) is 9.78. The lowest BCUT2D eigenvalue weighted by Crippen LogP contribution is -2.33. The molecule has 2 aliphatic rings. The number of carbonyl (C=O) groups is 2. The van der Waals surface area contributed by atoms with Gasteiger partial charge in [0.1, 0.15) is 5.82 Å². The summed E-state index contributed by atoms with van der Waals surface area (Å²) in [6, 6.07) is 15.9. The number of aryl methyl sites for hydroxylation is 1. The van der Waals surface area contributed by atoms with Gasteiger partial charge in [0.05, 0.1) is 29.4 Å². The number of para-hydroxylation sites is 1. The molecule has 0 radical (unpaired) electrons. The highest BCUT2D eigenvalue weighted by Crippen LogP contribution is 2.46. The van der Waals surface area contributed by atoms with E-state index >= 15 is 0 Å². The van der Waals surface area contributed by atoms with Crippen LogP contribution in [0.4, 0.5) is 17.1 Å². The predicted molar refractivity (Wildman–Crippen MR) is 147 cm³/mol. The van der Waals surface area contributed by atoms with Gasteiger partial charge in [-0.15, -0.1) is 11.8 Å². The molecule has 37 heavy (non-hydrogen) atoms. The van der Waals surface area contributed by atoms with Gasteiger partial charge in [-0.3, -0.25) is 19.5 Å². The molecule has 2 aromatic carbocycles. The van der Waals surface area contributed by atoms with E-state index < -0.39 is 5.41 Å². The lowest BCUT2D eigenvalue weighted by atomic mass is 9.85. The van der Waals surface area contributed by atoms with Gasteiger partial charge in [0.15, 0.2) is 0 Å². The Morgan fingerprint density at radius 1 is 0.946 bits per heavy atom. The average molecular weight is 510 g/mol. The zero-order valence-corrected chi connectivity index (χ0v) is 22.0. The summed E-state index contributed by atoms with van der Waals surface area (Å²) in [5, 5.41) is 2.76. The highest BCUT2D eigenvalue weighted by molar-refractivity contribution is 7.98. The van der Waals surface area contributed by atoms with E-state index in [0.717, 1.165) is 50.0 Å². The Labute approximate surface area is 220 Å². The van der Waals surface area contributed by atoms with Crippen LogP contribution in [0.2, 0.25) is 0 Å². The number of carbonyl (C=O) groups excluding carboxylic acids is 2. The minimum absolute atomic E-state index is 0.0508. The van der Waals surface area contributed by atoms with E-state index in [9.17, 15) is 9.59 Å². The first-order valence-corrected chi connectivity index (χ1v) is 13.2. The molecule has 186 valence electrons. The maximum atomic E-state index is 13.2. The normalized spacial score (nSPS) is 15.0. The topological polar surface area (TPSA) is 88.1 Å². The fourth-order valence-electron chi connectivity index (χ4n) is 4.53. The van der Waals surface area contributed by atoms with Crippen LogP contribution in [0.15, 0.2) is 78.2 Å². The molecule has 7 nitrogen and oxygen atoms in total. The molecule has 0 saturated heterocycles. The number of hydrogen-bond acceptors (Lipinski definition) is 6. The first-order valence-electron chi connectivity index (χ1n) is 11.9. The van der Waals surface area contributed by atoms with Gasteiger partial charge < -0.3 is 5.32 Å². The number of anilines is 3. The van der Waals surface area contributed by atoms with E-state index in [1.54, 1.807) is 29.1 Å². The molecule has 0 saturated carbocycles. The summed E-state index contributed by atoms with van der Waals surface area (Å²) in [6.45, 7) is 5.80. The molecular weight excluding hydrogens is 482 g/mol. The van der Waals surface area contributed by atoms with E-state index in [0.29, 0.717) is 6.42 Å². The molecule has 2 amide bonds. The van der Waals surface area contributed by atoms with Crippen molar-refractivity contribution in [3.05, 3.63) is 90.3 Å². The molecule has 6 rings (SSSR count). The number of amides is 2. The van der Waals surface area contributed by atoms with Crippen LogP contribution < -0.4 is 10.2 Å². The van der Waals surface area contributed by atoms with Crippen molar-refractivity contribution in [1.82, 2.24) is 15.0 Å². The minimum atomic E-state index is -0.590. The van der Waals surface area contributed by atoms with Gasteiger partial charge in [-0.2, -0.15) is 0 Å². The predicted octanol–water partition coefficient (Wildman–Crippen LogP) is 5.71. The smallest absolute Gasteiger partial charge is 0.241 e. The summed E-state index contributed by atoms with van der Waals surface area (Å²) in [5.74, 6) is 0.883. The summed E-state index contributed by atoms with van der Waals surface area (Å²) in [5.41, 5.74) is 6.08. The van der Waals surface area contributed by atoms with Crippen molar-refractivity contribution in [2.45, 2.75) is 37.5 Å². The standard InChI is InChI=1S/C21H20N4OS.C8H7NO/c1-13-23-9-15(10-24-13)14-5-6-18-19(7-14)25(20(26)21(18,2)3)16-8-17(27-4)12-22-11-16;10-8-5-6-3-1-2-4-7(6)9-8/h5-12H,1-4H3;1-4H,5H2,(H,9,10). The third-order valence-electron chi connectivity index (χ3n) is 6.60. The highest BCUT2D eigenvalue weighted by atomic mass is 32.2. The molecule has 0 unspecified atom stereocenters. The van der Waals surface area contributed by atoms with Gasteiger partial charge in [0, 0.05) is 34.7 Å². The number of rotatable bonds is 3. The van der Waals surface area contributed by atoms with E-state index in [1.807, 2.05) is 88.0 Å². The molecule has 0 atom stereocenters. The summed E-state index contributed by atoms with van der Waals surface area (Å²) in [4.78, 5) is 39.7. The van der Waals surface area contributed by atoms with Gasteiger partial charge in [-0.25, -0.2) is 9.97 Å². The fraction of sp³-hybridized carbons (Fsp3) is 0.207. The Morgan fingerprint density at radius 3 is 2.43 bits per heavy atom. The van der Waals surface area contributed by atoms with Crippen LogP contribution in [0, 0.1) is 6.92 Å². The molecule has 0 spiro atoms. The largest absolute Gasteiger partial charge is 0.326 e. The van der Waals surface area contributed by atoms with Gasteiger partial charge in [0.25, 0.3) is 0 Å². The Morgan fingerprint density at radius 2 is 1.70 bits per heavy atom. The van der Waals surface area contributed by atoms with E-state index in [1.165, 1.54) is 0 Å². The van der Waals surface area contributed by atoms with E-state index in [4.69, 9.17) is 0 Å². The number of pyridine rings is 1. The van der Waals surface area contributed by atoms with Crippen molar-refractivity contribution in [3.63, 3.8) is 0 Å². The third-order valence-corrected chi connectivity index (χ3v) is 7.29. The summed E-state index contributed by atoms with van der Waals surface area (Å²) in [6.07, 6.45) is 9.71. The molecule has 2 aromatic heterocycles. The summed E-state index contributed by atoms with van der Waals surface area (Å²) < 4.78 is 0. The molecule has 1 N–H and O–H groups in total. The first-order chi connectivity index (χ1) is 17.8. The van der Waals surface area contributed by atoms with Crippen LogP contribution in [0.25, 0.3) is 11.1 Å². The van der Waals surface area contributed by atoms with Crippen molar-refractivity contribution in [2.75, 3.05) is 16.5 Å². The van der Waals surface area contributed by atoms with Gasteiger partial charge in [-0.1, -0.05) is 30.3 Å². The molecular formula is C29H27N5O2S. The van der Waals surface area contributed by atoms with Gasteiger partial charge in [0.2, 0.25) is 11.8 Å². The molecule has 2 aliphatic heterocycles. The van der Waals surface area contributed by atoms with Crippen LogP contribution in [0.3, 0.4) is 0 Å². The Hall–Kier alpha value is -4.04. The molecule has 0 bridgehead atoms. The maximum absolute atomic E-state index is 13.2. The summed E-state index contributed by atoms with van der Waals surface area (Å²) in [7, 11) is 0. The third kappa shape index (κ3) is 4.72. The van der Waals surface area contributed by atoms with E-state index in [2.05, 4.69) is 20.3 Å². The first kappa shape index (κ1) is 24.6. The second-order valence-electron chi connectivity index (χ2n) is 9.48. The Balaban J connectivity index is 0.000000233. The number of nitrogens with zero attached hydrogens (tertiary/aromatic N) is 4. The number of thioether (sulfide) groups is 1. The van der Waals surface area contributed by atoms with E-state index in [-0.39, 0.29) is 11.8 Å². The van der Waals surface area contributed by atoms with Crippen molar-refractivity contribution in [3.8, 4) is 11.1 Å². The lowest BCUT2D eigenvalue weighted by Gasteiger charge is -2.20. The zero-order chi connectivity index (χ0) is 26.2. The van der Waals surface area contributed by atoms with Crippen LogP contribution in [0.5, 0.6) is 0 Å². The number of nitrogens with one attached hydrogen (secondary N) is 1. The SMILES string of the molecule is CSc1cncc(N2C(=O)C(C)(C)c3ccc(-c4cnc(C)nc4)cc32)c1.O=C1Cc2ccccc2N1. The molecule has 8 heteroatoms. The van der Waals surface area contributed by atoms with Crippen molar-refractivity contribution >= 4 is 40.6 Å². The molecule has 4 heterocycles. The van der Waals surface area contributed by atoms with Gasteiger partial charge in [-0.05, 0) is 61.9 Å². The Kier molecular flexibility index (Phi) is 6.52. The lowest BCUT2D eigenvalue weighted by molar-refractivity contribution is -0.121. The maximum Gasteiger partial charge on any atom is 0.241 e. The number of aromatic nitrogens is 3. The van der Waals surface area contributed by atoms with Crippen molar-refractivity contribution in [1.29, 1.82) is 0 Å². The second-order valence-corrected chi connectivity index (χ2v) is 10.4. The minimum Gasteiger partial charge on any atom is -0.326 e. The zero-order valence-electron chi connectivity index (χ0n) is 21.1. The Bertz CT molecular complexity index is 1470. The monoisotopic (exact) mass is 509 g/mol. The fourth-order valence-corrected chi connectivity index (χ4v) is 4.94. The van der Waals surface area contributed by atoms with Gasteiger partial charge >= 0.3 is 0 Å². The molecule has 0 aliphatic carbocycles. The van der Waals surface area contributed by atoms with Crippen LogP contribution >= 0.6 is 11.8 Å². The number of fused-ring (bicyclic) bond motifs is 2. The highest BCUT2D eigenvalue weighted by Gasteiger charge is 2.44. The summed E-state index contributed by atoms with van der Waals surface area (Å²) >= 11 is 1.61. The quantitative estimate of drug-likeness (QED) is 0.356. The number of hydrogen-bond donors (Lipinski definition) is 1. The van der Waals surface area contributed by atoms with Crippen LogP contribution in [-0.2, 0) is 21.4 Å². The average Bonchev–Trinajstić information content (AvgIpc) is 3.38. The van der Waals surface area contributed by atoms with Crippen LogP contribution in [0.1, 0.15) is 30.8 Å². The van der Waals surface area contributed by atoms with Crippen molar-refractivity contribution < 1.29 is 9.59 Å². The molecule has 0 fully saturated rings. The van der Waals surface area contributed by atoms with Crippen LogP contribution in [-0.4, -0.2) is 33.0 Å². The number of benzene rings is 2. The van der Waals surface area contributed by atoms with Crippen molar-refractivity contribution in [2.24, 2.45) is 0 Å².